The third kappa shape index (κ3) is 4.46. The molecule has 2 unspecified atom stereocenters. The van der Waals surface area contributed by atoms with E-state index in [1.807, 2.05) is 17.2 Å². The van der Waals surface area contributed by atoms with Crippen LogP contribution < -0.4 is 4.72 Å². The van der Waals surface area contributed by atoms with E-state index < -0.39 is 11.3 Å². The van der Waals surface area contributed by atoms with Gasteiger partial charge in [-0.2, -0.15) is 0 Å². The molecule has 2 atom stereocenters. The Hall–Kier alpha value is -2.29. The number of nitrogens with one attached hydrogen (secondary N) is 1. The van der Waals surface area contributed by atoms with Crippen LogP contribution in [-0.2, 0) is 11.3 Å². The Morgan fingerprint density at radius 3 is 2.46 bits per heavy atom. The molecule has 0 radical (unpaired) electrons. The largest absolute Gasteiger partial charge is 0.336 e. The summed E-state index contributed by atoms with van der Waals surface area (Å²) in [5, 5.41) is 0. The minimum atomic E-state index is -2.12. The monoisotopic (exact) mass is 374 g/mol. The summed E-state index contributed by atoms with van der Waals surface area (Å²) in [5.41, 5.74) is 2.25. The third-order valence-electron chi connectivity index (χ3n) is 4.65. The van der Waals surface area contributed by atoms with Crippen LogP contribution in [0.15, 0.2) is 48.8 Å². The van der Waals surface area contributed by atoms with Crippen LogP contribution in [-0.4, -0.2) is 55.6 Å². The maximum absolute atomic E-state index is 12.6. The lowest BCUT2D eigenvalue weighted by Crippen LogP contribution is -2.49. The zero-order valence-corrected chi connectivity index (χ0v) is 15.4. The number of aromatic nitrogens is 1. The molecule has 0 bridgehead atoms. The van der Waals surface area contributed by atoms with Crippen molar-refractivity contribution in [3.63, 3.8) is 0 Å². The van der Waals surface area contributed by atoms with Crippen LogP contribution in [0.2, 0.25) is 0 Å². The van der Waals surface area contributed by atoms with Gasteiger partial charge in [-0.25, -0.2) is 4.21 Å². The Labute approximate surface area is 155 Å². The van der Waals surface area contributed by atoms with Gasteiger partial charge in [0.15, 0.2) is 0 Å². The van der Waals surface area contributed by atoms with Gasteiger partial charge < -0.3 is 4.90 Å². The van der Waals surface area contributed by atoms with E-state index in [2.05, 4.69) is 27.6 Å². The van der Waals surface area contributed by atoms with Crippen LogP contribution in [0, 0.1) is 0 Å². The molecule has 0 aliphatic carbocycles. The molecule has 0 spiro atoms. The van der Waals surface area contributed by atoms with Crippen molar-refractivity contribution in [1.82, 2.24) is 14.8 Å². The van der Waals surface area contributed by atoms with Gasteiger partial charge in [0.1, 0.15) is 0 Å². The van der Waals surface area contributed by atoms with Crippen LogP contribution >= 0.6 is 0 Å². The highest BCUT2D eigenvalue weighted by Crippen LogP contribution is 2.21. The molecular weight excluding hydrogens is 352 g/mol. The van der Waals surface area contributed by atoms with Crippen molar-refractivity contribution in [2.45, 2.75) is 13.0 Å². The second kappa shape index (κ2) is 8.39. The maximum Gasteiger partial charge on any atom is 0.259 e. The van der Waals surface area contributed by atoms with E-state index in [9.17, 15) is 9.00 Å². The maximum atomic E-state index is 12.6. The summed E-state index contributed by atoms with van der Waals surface area (Å²) in [4.78, 5) is 21.0. The zero-order valence-electron chi connectivity index (χ0n) is 14.5. The topological polar surface area (TPSA) is 85.8 Å². The summed E-state index contributed by atoms with van der Waals surface area (Å²) in [6.07, 6.45) is 3.66. The number of hydrogen-bond acceptors (Lipinski definition) is 4. The Morgan fingerprint density at radius 1 is 1.19 bits per heavy atom. The van der Waals surface area contributed by atoms with Crippen LogP contribution in [0.3, 0.4) is 0 Å². The quantitative estimate of drug-likeness (QED) is 0.783. The minimum Gasteiger partial charge on any atom is -0.336 e. The molecule has 1 aliphatic rings. The fourth-order valence-corrected chi connectivity index (χ4v) is 3.45. The number of amides is 1. The highest BCUT2D eigenvalue weighted by molar-refractivity contribution is 7.80. The molecule has 1 aromatic heterocycles. The summed E-state index contributed by atoms with van der Waals surface area (Å²) in [7, 11) is 0. The van der Waals surface area contributed by atoms with E-state index in [0.29, 0.717) is 24.3 Å². The first-order valence-corrected chi connectivity index (χ1v) is 9.56. The first-order chi connectivity index (χ1) is 12.5. The molecular formula is C18H22N4O3S. The molecule has 26 heavy (non-hydrogen) atoms. The molecule has 1 fully saturated rings. The molecule has 2 heterocycles. The van der Waals surface area contributed by atoms with E-state index in [1.165, 1.54) is 5.56 Å². The standard InChI is InChI=1S/C18H22N4O3S/c1-14(16-3-2-8-19-13-16)21-9-11-22(12-10-21)18(23)15-4-6-17(7-5-15)20-26(24)25/h2-8,13-14,20H,9-12H2,1H3,(H,24,25). The number of hydrogen-bond donors (Lipinski definition) is 2. The van der Waals surface area contributed by atoms with Crippen molar-refractivity contribution >= 4 is 22.9 Å². The number of anilines is 1. The Kier molecular flexibility index (Phi) is 5.97. The van der Waals surface area contributed by atoms with E-state index in [1.54, 1.807) is 30.5 Å². The molecule has 2 N–H and O–H groups in total. The SMILES string of the molecule is CC(c1cccnc1)N1CCN(C(=O)c2ccc(NS(=O)O)cc2)CC1. The molecule has 8 heteroatoms. The molecule has 1 amide bonds. The molecule has 1 aromatic carbocycles. The van der Waals surface area contributed by atoms with Crippen LogP contribution in [0.4, 0.5) is 5.69 Å². The van der Waals surface area contributed by atoms with Crippen molar-refractivity contribution in [2.75, 3.05) is 30.9 Å². The van der Waals surface area contributed by atoms with E-state index in [-0.39, 0.29) is 11.9 Å². The Bertz CT molecular complexity index is 762. The number of pyridine rings is 1. The number of carbonyl (C=O) groups excluding carboxylic acids is 1. The van der Waals surface area contributed by atoms with Gasteiger partial charge in [-0.05, 0) is 42.8 Å². The molecule has 0 saturated carbocycles. The van der Waals surface area contributed by atoms with E-state index in [4.69, 9.17) is 4.55 Å². The van der Waals surface area contributed by atoms with Gasteiger partial charge in [-0.1, -0.05) is 6.07 Å². The van der Waals surface area contributed by atoms with Crippen molar-refractivity contribution in [3.05, 3.63) is 59.9 Å². The van der Waals surface area contributed by atoms with Crippen LogP contribution in [0.1, 0.15) is 28.9 Å². The predicted molar refractivity (Wildman–Crippen MR) is 101 cm³/mol. The molecule has 1 aliphatic heterocycles. The second-order valence-electron chi connectivity index (χ2n) is 6.22. The lowest BCUT2D eigenvalue weighted by Gasteiger charge is -2.38. The fourth-order valence-electron chi connectivity index (χ4n) is 3.11. The molecule has 1 saturated heterocycles. The van der Waals surface area contributed by atoms with Gasteiger partial charge in [0.25, 0.3) is 17.2 Å². The van der Waals surface area contributed by atoms with E-state index >= 15 is 0 Å². The van der Waals surface area contributed by atoms with E-state index in [0.717, 1.165) is 13.1 Å². The second-order valence-corrected chi connectivity index (χ2v) is 6.92. The van der Waals surface area contributed by atoms with Gasteiger partial charge in [-0.15, -0.1) is 0 Å². The number of benzene rings is 1. The lowest BCUT2D eigenvalue weighted by molar-refractivity contribution is 0.0582. The minimum absolute atomic E-state index is 0.0182. The summed E-state index contributed by atoms with van der Waals surface area (Å²) in [6.45, 7) is 5.12. The molecule has 138 valence electrons. The van der Waals surface area contributed by atoms with Crippen LogP contribution in [0.25, 0.3) is 0 Å². The summed E-state index contributed by atoms with van der Waals surface area (Å²) in [5.74, 6) is -0.0182. The van der Waals surface area contributed by atoms with Gasteiger partial charge in [0.2, 0.25) is 0 Å². The van der Waals surface area contributed by atoms with Gasteiger partial charge in [0.05, 0.1) is 0 Å². The lowest BCUT2D eigenvalue weighted by atomic mass is 10.1. The highest BCUT2D eigenvalue weighted by atomic mass is 32.2. The number of carbonyl (C=O) groups is 1. The first kappa shape index (κ1) is 18.5. The molecule has 7 nitrogen and oxygen atoms in total. The van der Waals surface area contributed by atoms with Crippen molar-refractivity contribution in [2.24, 2.45) is 0 Å². The molecule has 2 aromatic rings. The third-order valence-corrected chi connectivity index (χ3v) is 5.06. The van der Waals surface area contributed by atoms with Gasteiger partial charge in [0, 0.05) is 55.9 Å². The van der Waals surface area contributed by atoms with Crippen molar-refractivity contribution in [1.29, 1.82) is 0 Å². The smallest absolute Gasteiger partial charge is 0.259 e. The molecule has 3 rings (SSSR count). The average molecular weight is 374 g/mol. The van der Waals surface area contributed by atoms with Crippen molar-refractivity contribution < 1.29 is 13.6 Å². The first-order valence-electron chi connectivity index (χ1n) is 8.45. The summed E-state index contributed by atoms with van der Waals surface area (Å²) in [6, 6.07) is 10.9. The summed E-state index contributed by atoms with van der Waals surface area (Å²) >= 11 is -2.12. The zero-order chi connectivity index (χ0) is 18.5. The predicted octanol–water partition coefficient (Wildman–Crippen LogP) is 2.15. The Balaban J connectivity index is 1.57. The fraction of sp³-hybridized carbons (Fsp3) is 0.333. The highest BCUT2D eigenvalue weighted by Gasteiger charge is 2.25. The number of nitrogens with zero attached hydrogens (tertiary/aromatic N) is 3. The van der Waals surface area contributed by atoms with Gasteiger partial charge in [-0.3, -0.25) is 24.0 Å². The summed E-state index contributed by atoms with van der Waals surface area (Å²) < 4.78 is 21.9. The Morgan fingerprint density at radius 2 is 1.88 bits per heavy atom. The number of rotatable bonds is 5. The van der Waals surface area contributed by atoms with Crippen LogP contribution in [0.5, 0.6) is 0 Å². The van der Waals surface area contributed by atoms with Crippen molar-refractivity contribution in [3.8, 4) is 0 Å². The normalized spacial score (nSPS) is 17.5. The average Bonchev–Trinajstić information content (AvgIpc) is 2.68. The number of piperazine rings is 1. The van der Waals surface area contributed by atoms with Gasteiger partial charge >= 0.3 is 0 Å².